The third-order valence-electron chi connectivity index (χ3n) is 4.65. The second-order valence-corrected chi connectivity index (χ2v) is 6.54. The minimum atomic E-state index is -0.190. The largest absolute Gasteiger partial charge is 0.493 e. The smallest absolute Gasteiger partial charge is 0.251 e. The molecule has 0 spiro atoms. The van der Waals surface area contributed by atoms with Crippen LogP contribution in [0.1, 0.15) is 27.3 Å². The fourth-order valence-corrected chi connectivity index (χ4v) is 3.10. The van der Waals surface area contributed by atoms with E-state index >= 15 is 0 Å². The molecule has 0 aliphatic carbocycles. The molecule has 1 amide bonds. The fraction of sp³-hybridized carbons (Fsp3) is 0.217. The van der Waals surface area contributed by atoms with Gasteiger partial charge in [-0.2, -0.15) is 5.10 Å². The third kappa shape index (κ3) is 4.48. The maximum Gasteiger partial charge on any atom is 0.251 e. The lowest BCUT2D eigenvalue weighted by molar-refractivity contribution is 0.0950. The summed E-state index contributed by atoms with van der Waals surface area (Å²) < 4.78 is 12.8. The normalized spacial score (nSPS) is 10.4. The number of benzene rings is 2. The first-order chi connectivity index (χ1) is 14.0. The number of hydrogen-bond donors (Lipinski definition) is 1. The Morgan fingerprint density at radius 3 is 2.62 bits per heavy atom. The van der Waals surface area contributed by atoms with E-state index in [1.807, 2.05) is 48.9 Å². The van der Waals surface area contributed by atoms with Gasteiger partial charge in [0.25, 0.3) is 5.91 Å². The molecule has 0 aliphatic rings. The topological polar surface area (TPSA) is 65.4 Å². The van der Waals surface area contributed by atoms with Crippen LogP contribution in [-0.4, -0.2) is 29.4 Å². The van der Waals surface area contributed by atoms with Gasteiger partial charge in [-0.15, -0.1) is 0 Å². The molecule has 0 saturated heterocycles. The second-order valence-electron chi connectivity index (χ2n) is 6.54. The summed E-state index contributed by atoms with van der Waals surface area (Å²) in [5.41, 5.74) is 4.38. The van der Waals surface area contributed by atoms with E-state index in [9.17, 15) is 4.79 Å². The molecule has 1 aromatic heterocycles. The third-order valence-corrected chi connectivity index (χ3v) is 4.65. The minimum Gasteiger partial charge on any atom is -0.493 e. The Morgan fingerprint density at radius 1 is 1.17 bits per heavy atom. The number of para-hydroxylation sites is 1. The van der Waals surface area contributed by atoms with E-state index in [-0.39, 0.29) is 5.91 Å². The molecule has 1 N–H and O–H groups in total. The Kier molecular flexibility index (Phi) is 6.34. The van der Waals surface area contributed by atoms with Crippen molar-refractivity contribution in [3.63, 3.8) is 0 Å². The highest BCUT2D eigenvalue weighted by Crippen LogP contribution is 2.28. The van der Waals surface area contributed by atoms with Crippen LogP contribution in [0.15, 0.2) is 61.2 Å². The van der Waals surface area contributed by atoms with E-state index in [4.69, 9.17) is 9.47 Å². The summed E-state index contributed by atoms with van der Waals surface area (Å²) >= 11 is 0. The van der Waals surface area contributed by atoms with Gasteiger partial charge in [0.2, 0.25) is 0 Å². The molecule has 3 rings (SSSR count). The number of carbonyl (C=O) groups excluding carboxylic acids is 1. The summed E-state index contributed by atoms with van der Waals surface area (Å²) in [6.45, 7) is 8.34. The maximum absolute atomic E-state index is 12.7. The average Bonchev–Trinajstić information content (AvgIpc) is 3.04. The van der Waals surface area contributed by atoms with Gasteiger partial charge in [-0.3, -0.25) is 4.79 Å². The predicted molar refractivity (Wildman–Crippen MR) is 113 cm³/mol. The van der Waals surface area contributed by atoms with E-state index in [0.29, 0.717) is 30.2 Å². The Hall–Kier alpha value is -3.54. The number of aryl methyl sites for hydroxylation is 1. The van der Waals surface area contributed by atoms with Gasteiger partial charge in [-0.25, -0.2) is 4.68 Å². The van der Waals surface area contributed by atoms with Crippen molar-refractivity contribution in [2.75, 3.05) is 13.7 Å². The van der Waals surface area contributed by atoms with E-state index in [1.165, 1.54) is 0 Å². The molecule has 150 valence electrons. The Bertz CT molecular complexity index is 1010. The highest BCUT2D eigenvalue weighted by molar-refractivity contribution is 5.94. The molecule has 3 aromatic rings. The molecule has 0 atom stereocenters. The van der Waals surface area contributed by atoms with Crippen molar-refractivity contribution in [2.45, 2.75) is 20.4 Å². The molecule has 0 radical (unpaired) electrons. The molecule has 1 heterocycles. The van der Waals surface area contributed by atoms with E-state index in [2.05, 4.69) is 17.0 Å². The monoisotopic (exact) mass is 391 g/mol. The van der Waals surface area contributed by atoms with Crippen LogP contribution in [0.3, 0.4) is 0 Å². The van der Waals surface area contributed by atoms with Crippen LogP contribution in [-0.2, 0) is 6.54 Å². The zero-order chi connectivity index (χ0) is 20.8. The zero-order valence-corrected chi connectivity index (χ0v) is 16.9. The average molecular weight is 391 g/mol. The molecule has 0 saturated carbocycles. The summed E-state index contributed by atoms with van der Waals surface area (Å²) in [7, 11) is 1.54. The molecule has 0 aliphatic heterocycles. The van der Waals surface area contributed by atoms with Crippen LogP contribution in [0.25, 0.3) is 5.69 Å². The van der Waals surface area contributed by atoms with Crippen LogP contribution in [0, 0.1) is 13.8 Å². The van der Waals surface area contributed by atoms with E-state index in [1.54, 1.807) is 31.4 Å². The van der Waals surface area contributed by atoms with Crippen LogP contribution >= 0.6 is 0 Å². The summed E-state index contributed by atoms with van der Waals surface area (Å²) in [6, 6.07) is 15.0. The van der Waals surface area contributed by atoms with E-state index < -0.39 is 0 Å². The molecule has 6 heteroatoms. The van der Waals surface area contributed by atoms with Crippen LogP contribution < -0.4 is 14.8 Å². The highest BCUT2D eigenvalue weighted by atomic mass is 16.5. The SMILES string of the molecule is C=CCOc1ccc(C(=O)NCc2c(C)nn(-c3ccccc3)c2C)cc1OC. The second kappa shape index (κ2) is 9.10. The molecule has 0 unspecified atom stereocenters. The Labute approximate surface area is 170 Å². The van der Waals surface area contributed by atoms with Crippen molar-refractivity contribution >= 4 is 5.91 Å². The van der Waals surface area contributed by atoms with Gasteiger partial charge in [0.15, 0.2) is 11.5 Å². The lowest BCUT2D eigenvalue weighted by Crippen LogP contribution is -2.23. The number of methoxy groups -OCH3 is 1. The van der Waals surface area contributed by atoms with Crippen LogP contribution in [0.4, 0.5) is 0 Å². The summed E-state index contributed by atoms with van der Waals surface area (Å²) in [5, 5.41) is 7.59. The Balaban J connectivity index is 1.74. The predicted octanol–water partition coefficient (Wildman–Crippen LogP) is 3.99. The van der Waals surface area contributed by atoms with Gasteiger partial charge in [0.1, 0.15) is 6.61 Å². The van der Waals surface area contributed by atoms with Gasteiger partial charge in [0, 0.05) is 23.4 Å². The number of amides is 1. The first-order valence-electron chi connectivity index (χ1n) is 9.35. The van der Waals surface area contributed by atoms with Gasteiger partial charge in [0.05, 0.1) is 18.5 Å². The van der Waals surface area contributed by atoms with Crippen molar-refractivity contribution in [3.8, 4) is 17.2 Å². The van der Waals surface area contributed by atoms with E-state index in [0.717, 1.165) is 22.6 Å². The molecular formula is C23H25N3O3. The fourth-order valence-electron chi connectivity index (χ4n) is 3.10. The number of hydrogen-bond acceptors (Lipinski definition) is 4. The van der Waals surface area contributed by atoms with Crippen molar-refractivity contribution < 1.29 is 14.3 Å². The summed E-state index contributed by atoms with van der Waals surface area (Å²) in [4.78, 5) is 12.7. The van der Waals surface area contributed by atoms with Gasteiger partial charge in [-0.05, 0) is 44.2 Å². The first kappa shape index (κ1) is 20.2. The van der Waals surface area contributed by atoms with Crippen LogP contribution in [0.2, 0.25) is 0 Å². The van der Waals surface area contributed by atoms with Crippen molar-refractivity contribution in [2.24, 2.45) is 0 Å². The summed E-state index contributed by atoms with van der Waals surface area (Å²) in [6.07, 6.45) is 1.65. The summed E-state index contributed by atoms with van der Waals surface area (Å²) in [5.74, 6) is 0.883. The quantitative estimate of drug-likeness (QED) is 0.590. The number of nitrogens with one attached hydrogen (secondary N) is 1. The van der Waals surface area contributed by atoms with Crippen LogP contribution in [0.5, 0.6) is 11.5 Å². The maximum atomic E-state index is 12.7. The molecule has 2 aromatic carbocycles. The van der Waals surface area contributed by atoms with Gasteiger partial charge >= 0.3 is 0 Å². The van der Waals surface area contributed by atoms with Gasteiger partial charge < -0.3 is 14.8 Å². The number of ether oxygens (including phenoxy) is 2. The lowest BCUT2D eigenvalue weighted by atomic mass is 10.1. The highest BCUT2D eigenvalue weighted by Gasteiger charge is 2.15. The number of aromatic nitrogens is 2. The molecular weight excluding hydrogens is 366 g/mol. The van der Waals surface area contributed by atoms with Crippen molar-refractivity contribution in [1.29, 1.82) is 0 Å². The first-order valence-corrected chi connectivity index (χ1v) is 9.35. The van der Waals surface area contributed by atoms with Crippen molar-refractivity contribution in [3.05, 3.63) is 83.7 Å². The zero-order valence-electron chi connectivity index (χ0n) is 16.9. The molecule has 0 bridgehead atoms. The minimum absolute atomic E-state index is 0.190. The number of carbonyl (C=O) groups is 1. The Morgan fingerprint density at radius 2 is 1.93 bits per heavy atom. The van der Waals surface area contributed by atoms with Gasteiger partial charge in [-0.1, -0.05) is 30.9 Å². The molecule has 0 fully saturated rings. The standard InChI is InChI=1S/C23H25N3O3/c1-5-13-29-21-12-11-18(14-22(21)28-4)23(27)24-15-20-16(2)25-26(17(20)3)19-9-7-6-8-10-19/h5-12,14H,1,13,15H2,2-4H3,(H,24,27). The van der Waals surface area contributed by atoms with Crippen molar-refractivity contribution in [1.82, 2.24) is 15.1 Å². The number of rotatable bonds is 8. The molecule has 29 heavy (non-hydrogen) atoms. The molecule has 6 nitrogen and oxygen atoms in total. The lowest BCUT2D eigenvalue weighted by Gasteiger charge is -2.11. The number of nitrogens with zero attached hydrogens (tertiary/aromatic N) is 2.